The van der Waals surface area contributed by atoms with Crippen LogP contribution < -0.4 is 4.74 Å². The highest BCUT2D eigenvalue weighted by molar-refractivity contribution is 5.71. The van der Waals surface area contributed by atoms with Crippen molar-refractivity contribution in [3.63, 3.8) is 0 Å². The van der Waals surface area contributed by atoms with Crippen LogP contribution in [0.15, 0.2) is 48.7 Å². The minimum absolute atomic E-state index is 0.0128. The molecule has 5 nitrogen and oxygen atoms in total. The van der Waals surface area contributed by atoms with Crippen LogP contribution in [0.4, 0.5) is 4.39 Å². The van der Waals surface area contributed by atoms with Gasteiger partial charge in [0, 0.05) is 23.8 Å². The van der Waals surface area contributed by atoms with Crippen LogP contribution in [0.5, 0.6) is 5.75 Å². The highest BCUT2D eigenvalue weighted by Crippen LogP contribution is 2.48. The Morgan fingerprint density at radius 2 is 1.95 bits per heavy atom. The molecule has 1 aromatic heterocycles. The van der Waals surface area contributed by atoms with Gasteiger partial charge in [-0.1, -0.05) is 37.3 Å². The van der Waals surface area contributed by atoms with E-state index in [0.29, 0.717) is 17.5 Å². The lowest BCUT2D eigenvalue weighted by atomic mass is 9.82. The van der Waals surface area contributed by atoms with Gasteiger partial charge in [0.05, 0.1) is 12.1 Å². The van der Waals surface area contributed by atoms with E-state index in [1.54, 1.807) is 0 Å². The SMILES string of the molecule is Cc1cc(-c2ccc(C3CCc4ccc([C@H](C5CC5)[C@H](C)C(=O)O)cc4O3)cc2CN2CCC[C@H]2C)c(F)cn1. The molecule has 0 amide bonds. The first-order valence-electron chi connectivity index (χ1n) is 14.8. The third kappa shape index (κ3) is 5.38. The molecule has 4 atom stereocenters. The van der Waals surface area contributed by atoms with Crippen LogP contribution in [0.1, 0.15) is 85.9 Å². The Balaban J connectivity index is 1.32. The number of aryl methyl sites for hydroxylation is 2. The van der Waals surface area contributed by atoms with E-state index in [2.05, 4.69) is 53.2 Å². The standard InChI is InChI=1S/C34H39FN2O3/c1-20-15-29(30(35)18-36-20)28-12-10-25(16-27(28)19-37-14-4-5-21(37)2)31-13-11-23-6-9-26(17-32(23)40-31)33(24-7-8-24)22(3)34(38)39/h6,9-10,12,15-18,21-22,24,31,33H,4-5,7-8,11,13-14,19H2,1-3H3,(H,38,39)/t21-,22+,31?,33+/m1/s1. The van der Waals surface area contributed by atoms with Gasteiger partial charge in [-0.25, -0.2) is 4.39 Å². The maximum Gasteiger partial charge on any atom is 0.306 e. The number of aliphatic carboxylic acids is 1. The van der Waals surface area contributed by atoms with Gasteiger partial charge in [-0.3, -0.25) is 14.7 Å². The number of carboxylic acids is 1. The molecule has 2 fully saturated rings. The van der Waals surface area contributed by atoms with Gasteiger partial charge in [-0.05, 0) is 111 Å². The van der Waals surface area contributed by atoms with Gasteiger partial charge in [-0.15, -0.1) is 0 Å². The normalized spacial score (nSPS) is 22.4. The quantitative estimate of drug-likeness (QED) is 0.320. The third-order valence-electron chi connectivity index (χ3n) is 9.33. The lowest BCUT2D eigenvalue weighted by molar-refractivity contribution is -0.142. The number of benzene rings is 2. The first-order valence-corrected chi connectivity index (χ1v) is 14.8. The van der Waals surface area contributed by atoms with Crippen molar-refractivity contribution in [2.75, 3.05) is 6.54 Å². The second-order valence-electron chi connectivity index (χ2n) is 12.2. The second kappa shape index (κ2) is 11.0. The zero-order valence-electron chi connectivity index (χ0n) is 23.7. The summed E-state index contributed by atoms with van der Waals surface area (Å²) < 4.78 is 21.6. The first-order chi connectivity index (χ1) is 19.3. The Morgan fingerprint density at radius 3 is 2.67 bits per heavy atom. The van der Waals surface area contributed by atoms with Crippen LogP contribution in [0.25, 0.3) is 11.1 Å². The Morgan fingerprint density at radius 1 is 1.12 bits per heavy atom. The molecule has 1 saturated carbocycles. The highest BCUT2D eigenvalue weighted by Gasteiger charge is 2.39. The van der Waals surface area contributed by atoms with E-state index >= 15 is 0 Å². The molecule has 0 bridgehead atoms. The third-order valence-corrected chi connectivity index (χ3v) is 9.33. The van der Waals surface area contributed by atoms with Crippen LogP contribution in [-0.2, 0) is 17.8 Å². The molecule has 1 N–H and O–H groups in total. The first kappa shape index (κ1) is 26.9. The summed E-state index contributed by atoms with van der Waals surface area (Å²) in [5.41, 5.74) is 6.77. The molecule has 3 aromatic rings. The summed E-state index contributed by atoms with van der Waals surface area (Å²) in [6.07, 6.45) is 7.53. The molecule has 1 unspecified atom stereocenters. The van der Waals surface area contributed by atoms with Crippen molar-refractivity contribution in [1.29, 1.82) is 0 Å². The number of rotatable bonds is 8. The van der Waals surface area contributed by atoms with Gasteiger partial charge >= 0.3 is 5.97 Å². The monoisotopic (exact) mass is 542 g/mol. The number of hydrogen-bond donors (Lipinski definition) is 1. The minimum Gasteiger partial charge on any atom is -0.485 e. The Kier molecular flexibility index (Phi) is 7.39. The van der Waals surface area contributed by atoms with Gasteiger partial charge in [0.25, 0.3) is 0 Å². The van der Waals surface area contributed by atoms with Gasteiger partial charge < -0.3 is 9.84 Å². The number of hydrogen-bond acceptors (Lipinski definition) is 4. The minimum atomic E-state index is -0.741. The van der Waals surface area contributed by atoms with Gasteiger partial charge in [0.1, 0.15) is 17.7 Å². The van der Waals surface area contributed by atoms with Crippen molar-refractivity contribution < 1.29 is 19.0 Å². The van der Waals surface area contributed by atoms with Crippen LogP contribution in [0.3, 0.4) is 0 Å². The summed E-state index contributed by atoms with van der Waals surface area (Å²) >= 11 is 0. The van der Waals surface area contributed by atoms with E-state index in [4.69, 9.17) is 4.74 Å². The van der Waals surface area contributed by atoms with E-state index in [1.807, 2.05) is 19.9 Å². The summed E-state index contributed by atoms with van der Waals surface area (Å²) in [4.78, 5) is 18.5. The lowest BCUT2D eigenvalue weighted by Crippen LogP contribution is -2.26. The van der Waals surface area contributed by atoms with Crippen molar-refractivity contribution in [2.24, 2.45) is 11.8 Å². The molecule has 40 heavy (non-hydrogen) atoms. The second-order valence-corrected chi connectivity index (χ2v) is 12.2. The van der Waals surface area contributed by atoms with Gasteiger partial charge in [0.2, 0.25) is 0 Å². The Labute approximate surface area is 236 Å². The number of pyridine rings is 1. The molecule has 1 saturated heterocycles. The van der Waals surface area contributed by atoms with E-state index in [-0.39, 0.29) is 17.8 Å². The highest BCUT2D eigenvalue weighted by atomic mass is 19.1. The van der Waals surface area contributed by atoms with Gasteiger partial charge in [0.15, 0.2) is 0 Å². The number of halogens is 1. The smallest absolute Gasteiger partial charge is 0.306 e. The van der Waals surface area contributed by atoms with E-state index in [1.165, 1.54) is 24.6 Å². The van der Waals surface area contributed by atoms with Crippen molar-refractivity contribution in [3.05, 3.63) is 82.4 Å². The predicted molar refractivity (Wildman–Crippen MR) is 154 cm³/mol. The molecule has 210 valence electrons. The fourth-order valence-corrected chi connectivity index (χ4v) is 6.81. The number of fused-ring (bicyclic) bond motifs is 1. The van der Waals surface area contributed by atoms with E-state index in [0.717, 1.165) is 72.5 Å². The average molecular weight is 543 g/mol. The number of carbonyl (C=O) groups is 1. The Bertz CT molecular complexity index is 1420. The summed E-state index contributed by atoms with van der Waals surface area (Å²) in [5.74, 6) is -0.154. The molecule has 0 radical (unpaired) electrons. The molecule has 3 heterocycles. The van der Waals surface area contributed by atoms with E-state index < -0.39 is 11.9 Å². The predicted octanol–water partition coefficient (Wildman–Crippen LogP) is 7.46. The topological polar surface area (TPSA) is 62.7 Å². The molecule has 2 aromatic carbocycles. The molecule has 0 spiro atoms. The van der Waals surface area contributed by atoms with Gasteiger partial charge in [-0.2, -0.15) is 0 Å². The molecular formula is C34H39FN2O3. The maximum absolute atomic E-state index is 15.0. The number of carboxylic acid groups (broad SMARTS) is 1. The van der Waals surface area contributed by atoms with Crippen molar-refractivity contribution >= 4 is 5.97 Å². The Hall–Kier alpha value is -3.25. The summed E-state index contributed by atoms with van der Waals surface area (Å²) in [6, 6.07) is 15.0. The lowest BCUT2D eigenvalue weighted by Gasteiger charge is -2.30. The van der Waals surface area contributed by atoms with E-state index in [9.17, 15) is 14.3 Å². The number of aromatic nitrogens is 1. The van der Waals surface area contributed by atoms with Crippen molar-refractivity contribution in [3.8, 4) is 16.9 Å². The average Bonchev–Trinajstić information content (AvgIpc) is 3.70. The van der Waals surface area contributed by atoms with Crippen LogP contribution in [0, 0.1) is 24.6 Å². The molecule has 6 rings (SSSR count). The van der Waals surface area contributed by atoms with Crippen LogP contribution >= 0.6 is 0 Å². The van der Waals surface area contributed by atoms with Crippen molar-refractivity contribution in [2.45, 2.75) is 83.9 Å². The zero-order chi connectivity index (χ0) is 28.0. The summed E-state index contributed by atoms with van der Waals surface area (Å²) in [5, 5.41) is 9.74. The molecule has 3 aliphatic rings. The summed E-state index contributed by atoms with van der Waals surface area (Å²) in [6.45, 7) is 7.81. The molecule has 1 aliphatic carbocycles. The summed E-state index contributed by atoms with van der Waals surface area (Å²) in [7, 11) is 0. The molecular weight excluding hydrogens is 503 g/mol. The largest absolute Gasteiger partial charge is 0.485 e. The fourth-order valence-electron chi connectivity index (χ4n) is 6.81. The molecule has 6 heteroatoms. The fraction of sp³-hybridized carbons (Fsp3) is 0.471. The van der Waals surface area contributed by atoms with Crippen LogP contribution in [-0.4, -0.2) is 33.5 Å². The number of likely N-dealkylation sites (tertiary alicyclic amines) is 1. The number of nitrogens with zero attached hydrogens (tertiary/aromatic N) is 2. The maximum atomic E-state index is 15.0. The number of ether oxygens (including phenoxy) is 1. The van der Waals surface area contributed by atoms with Crippen molar-refractivity contribution in [1.82, 2.24) is 9.88 Å². The van der Waals surface area contributed by atoms with Crippen LogP contribution in [0.2, 0.25) is 0 Å². The molecule has 2 aliphatic heterocycles. The zero-order valence-corrected chi connectivity index (χ0v) is 23.7.